The molecule has 0 spiro atoms. The highest BCUT2D eigenvalue weighted by atomic mass is 19.1. The van der Waals surface area contributed by atoms with Crippen LogP contribution in [0.2, 0.25) is 0 Å². The third-order valence-electron chi connectivity index (χ3n) is 4.06. The second-order valence-electron chi connectivity index (χ2n) is 5.72. The van der Waals surface area contributed by atoms with Crippen LogP contribution in [0.3, 0.4) is 0 Å². The number of fused-ring (bicyclic) bond motifs is 1. The predicted octanol–water partition coefficient (Wildman–Crippen LogP) is 3.57. The number of rotatable bonds is 2. The van der Waals surface area contributed by atoms with E-state index in [0.717, 1.165) is 17.1 Å². The highest BCUT2D eigenvalue weighted by Crippen LogP contribution is 2.28. The first kappa shape index (κ1) is 15.1. The molecule has 122 valence electrons. The summed E-state index contributed by atoms with van der Waals surface area (Å²) in [4.78, 5) is 16.7. The largest absolute Gasteiger partial charge is 0.319 e. The average Bonchev–Trinajstić information content (AvgIpc) is 2.81. The van der Waals surface area contributed by atoms with Crippen LogP contribution >= 0.6 is 0 Å². The molecule has 2 aromatic heterocycles. The lowest BCUT2D eigenvalue weighted by atomic mass is 10.2. The van der Waals surface area contributed by atoms with Gasteiger partial charge in [0.1, 0.15) is 11.6 Å². The van der Waals surface area contributed by atoms with E-state index >= 15 is 0 Å². The zero-order valence-electron chi connectivity index (χ0n) is 13.5. The van der Waals surface area contributed by atoms with Crippen molar-refractivity contribution >= 4 is 12.2 Å². The molecular weight excluding hydrogens is 317 g/mol. The third kappa shape index (κ3) is 2.67. The molecule has 1 aliphatic carbocycles. The van der Waals surface area contributed by atoms with Gasteiger partial charge in [-0.3, -0.25) is 9.36 Å². The number of aromatic nitrogens is 3. The molecule has 2 heterocycles. The van der Waals surface area contributed by atoms with Crippen LogP contribution in [-0.2, 0) is 7.05 Å². The molecule has 1 aliphatic rings. The molecule has 0 atom stereocenters. The van der Waals surface area contributed by atoms with Gasteiger partial charge in [0.2, 0.25) is 0 Å². The van der Waals surface area contributed by atoms with Gasteiger partial charge >= 0.3 is 0 Å². The Hall–Kier alpha value is -3.43. The Morgan fingerprint density at radius 1 is 1.16 bits per heavy atom. The molecule has 0 amide bonds. The van der Waals surface area contributed by atoms with Crippen LogP contribution in [0.15, 0.2) is 65.3 Å². The molecule has 0 radical (unpaired) electrons. The summed E-state index contributed by atoms with van der Waals surface area (Å²) in [6.07, 6.45) is 9.08. The van der Waals surface area contributed by atoms with Crippen LogP contribution in [0, 0.1) is 5.82 Å². The van der Waals surface area contributed by atoms with E-state index in [1.165, 1.54) is 16.7 Å². The van der Waals surface area contributed by atoms with Gasteiger partial charge in [0, 0.05) is 36.6 Å². The van der Waals surface area contributed by atoms with Crippen molar-refractivity contribution in [2.24, 2.45) is 7.05 Å². The number of hydrogen-bond donors (Lipinski definition) is 0. The summed E-state index contributed by atoms with van der Waals surface area (Å²) in [5.74, 6) is 0.319. The summed E-state index contributed by atoms with van der Waals surface area (Å²) >= 11 is 0. The number of nitrogens with zero attached hydrogens (tertiary/aromatic N) is 3. The second kappa shape index (κ2) is 5.89. The summed E-state index contributed by atoms with van der Waals surface area (Å²) in [6, 6.07) is 9.57. The predicted molar refractivity (Wildman–Crippen MR) is 95.8 cm³/mol. The molecule has 1 aromatic carbocycles. The summed E-state index contributed by atoms with van der Waals surface area (Å²) in [5, 5.41) is 0. The Morgan fingerprint density at radius 3 is 2.72 bits per heavy atom. The minimum atomic E-state index is -0.305. The molecular formula is C20H14FN3O. The highest BCUT2D eigenvalue weighted by molar-refractivity contribution is 5.71. The molecule has 4 rings (SSSR count). The van der Waals surface area contributed by atoms with Gasteiger partial charge in [-0.05, 0) is 42.5 Å². The van der Waals surface area contributed by atoms with Gasteiger partial charge in [0.25, 0.3) is 5.56 Å². The minimum Gasteiger partial charge on any atom is -0.319 e. The summed E-state index contributed by atoms with van der Waals surface area (Å²) < 4.78 is 16.8. The standard InChI is InChI=1S/C20H14FN3O/c1-23-12-11-14(13-19(23)25)20-22-17-5-3-2-4-6-18(17)24(20)16-9-7-15(21)8-10-16/h2-3,5-13H,1H3. The van der Waals surface area contributed by atoms with Crippen LogP contribution in [0.1, 0.15) is 11.4 Å². The van der Waals surface area contributed by atoms with Crippen molar-refractivity contribution in [1.82, 2.24) is 14.1 Å². The van der Waals surface area contributed by atoms with Crippen molar-refractivity contribution in [2.45, 2.75) is 0 Å². The molecule has 0 saturated heterocycles. The molecule has 0 N–H and O–H groups in total. The number of halogens is 1. The van der Waals surface area contributed by atoms with Crippen LogP contribution < -0.4 is 5.56 Å². The third-order valence-corrected chi connectivity index (χ3v) is 4.06. The van der Waals surface area contributed by atoms with Crippen LogP contribution in [0.5, 0.6) is 0 Å². The number of pyridine rings is 1. The van der Waals surface area contributed by atoms with Gasteiger partial charge in [-0.2, -0.15) is 0 Å². The number of allylic oxidation sites excluding steroid dienone is 2. The van der Waals surface area contributed by atoms with Crippen molar-refractivity contribution in [2.75, 3.05) is 0 Å². The van der Waals surface area contributed by atoms with E-state index in [9.17, 15) is 9.18 Å². The van der Waals surface area contributed by atoms with E-state index in [-0.39, 0.29) is 11.4 Å². The summed E-state index contributed by atoms with van der Waals surface area (Å²) in [6.45, 7) is 0. The fourth-order valence-electron chi connectivity index (χ4n) is 2.77. The topological polar surface area (TPSA) is 39.8 Å². The Balaban J connectivity index is 2.02. The quantitative estimate of drug-likeness (QED) is 0.674. The molecule has 25 heavy (non-hydrogen) atoms. The minimum absolute atomic E-state index is 0.118. The van der Waals surface area contributed by atoms with E-state index in [2.05, 4.69) is 5.73 Å². The van der Waals surface area contributed by atoms with Gasteiger partial charge in [0.05, 0.1) is 11.4 Å². The second-order valence-corrected chi connectivity index (χ2v) is 5.72. The monoisotopic (exact) mass is 331 g/mol. The number of hydrogen-bond acceptors (Lipinski definition) is 2. The first-order valence-corrected chi connectivity index (χ1v) is 7.78. The van der Waals surface area contributed by atoms with Crippen molar-refractivity contribution < 1.29 is 4.39 Å². The first-order valence-electron chi connectivity index (χ1n) is 7.78. The van der Waals surface area contributed by atoms with E-state index in [1.54, 1.807) is 37.5 Å². The zero-order valence-corrected chi connectivity index (χ0v) is 13.5. The van der Waals surface area contributed by atoms with Crippen molar-refractivity contribution in [3.8, 4) is 17.1 Å². The van der Waals surface area contributed by atoms with Gasteiger partial charge < -0.3 is 4.57 Å². The van der Waals surface area contributed by atoms with Crippen LogP contribution in [0.25, 0.3) is 29.2 Å². The summed E-state index contributed by atoms with van der Waals surface area (Å²) in [5.41, 5.74) is 6.01. The Labute approximate surface area is 143 Å². The molecule has 0 saturated carbocycles. The maximum atomic E-state index is 13.3. The molecule has 0 bridgehead atoms. The molecule has 4 nitrogen and oxygen atoms in total. The first-order chi connectivity index (χ1) is 12.1. The van der Waals surface area contributed by atoms with E-state index in [4.69, 9.17) is 4.98 Å². The van der Waals surface area contributed by atoms with Gasteiger partial charge in [0.15, 0.2) is 0 Å². The fraction of sp³-hybridized carbons (Fsp3) is 0.0500. The van der Waals surface area contributed by atoms with Gasteiger partial charge in [-0.1, -0.05) is 6.08 Å². The lowest BCUT2D eigenvalue weighted by Crippen LogP contribution is -2.14. The number of benzene rings is 1. The van der Waals surface area contributed by atoms with Crippen molar-refractivity contribution in [3.63, 3.8) is 0 Å². The van der Waals surface area contributed by atoms with Crippen LogP contribution in [-0.4, -0.2) is 14.1 Å². The Bertz CT molecular complexity index is 1110. The van der Waals surface area contributed by atoms with Gasteiger partial charge in [-0.15, -0.1) is 5.73 Å². The summed E-state index contributed by atoms with van der Waals surface area (Å²) in [7, 11) is 1.70. The van der Waals surface area contributed by atoms with Crippen LogP contribution in [0.4, 0.5) is 4.39 Å². The van der Waals surface area contributed by atoms with Crippen molar-refractivity contribution in [3.05, 3.63) is 88.0 Å². The fourth-order valence-corrected chi connectivity index (χ4v) is 2.77. The Morgan fingerprint density at radius 2 is 1.96 bits per heavy atom. The molecule has 0 unspecified atom stereocenters. The van der Waals surface area contributed by atoms with E-state index in [0.29, 0.717) is 11.4 Å². The van der Waals surface area contributed by atoms with E-state index in [1.807, 2.05) is 28.9 Å². The maximum Gasteiger partial charge on any atom is 0.250 e. The smallest absolute Gasteiger partial charge is 0.250 e. The molecule has 5 heteroatoms. The normalized spacial score (nSPS) is 12.2. The number of aryl methyl sites for hydroxylation is 1. The lowest BCUT2D eigenvalue weighted by molar-refractivity contribution is 0.627. The van der Waals surface area contributed by atoms with Crippen molar-refractivity contribution in [1.29, 1.82) is 0 Å². The SMILES string of the molecule is Cn1ccc(-c2nc3c(n2-c2ccc(F)cc2)C=C=CC=C3)cc1=O. The average molecular weight is 331 g/mol. The molecule has 0 fully saturated rings. The van der Waals surface area contributed by atoms with E-state index < -0.39 is 0 Å². The molecule has 3 aromatic rings. The molecule has 0 aliphatic heterocycles. The highest BCUT2D eigenvalue weighted by Gasteiger charge is 2.18. The lowest BCUT2D eigenvalue weighted by Gasteiger charge is -2.10. The zero-order chi connectivity index (χ0) is 17.4. The Kier molecular flexibility index (Phi) is 3.56. The number of imidazole rings is 1. The maximum absolute atomic E-state index is 13.3. The van der Waals surface area contributed by atoms with Gasteiger partial charge in [-0.25, -0.2) is 9.37 Å².